The van der Waals surface area contributed by atoms with Gasteiger partial charge in [0.05, 0.1) is 11.4 Å². The summed E-state index contributed by atoms with van der Waals surface area (Å²) in [5, 5.41) is 2.60. The van der Waals surface area contributed by atoms with Gasteiger partial charge in [-0.2, -0.15) is 8.78 Å². The highest BCUT2D eigenvalue weighted by atomic mass is 32.2. The van der Waals surface area contributed by atoms with Crippen LogP contribution in [-0.4, -0.2) is 26.6 Å². The van der Waals surface area contributed by atoms with Crippen LogP contribution in [-0.2, 0) is 14.6 Å². The van der Waals surface area contributed by atoms with Crippen LogP contribution in [0.25, 0.3) is 0 Å². The fourth-order valence-corrected chi connectivity index (χ4v) is 1.78. The minimum Gasteiger partial charge on any atom is -0.376 e. The highest BCUT2D eigenvalue weighted by Gasteiger charge is 2.26. The maximum absolute atomic E-state index is 12.2. The lowest BCUT2D eigenvalue weighted by molar-refractivity contribution is -0.116. The quantitative estimate of drug-likeness (QED) is 0.814. The molecule has 3 N–H and O–H groups in total. The summed E-state index contributed by atoms with van der Waals surface area (Å²) in [7, 11) is -4.58. The zero-order chi connectivity index (χ0) is 13.1. The van der Waals surface area contributed by atoms with Crippen molar-refractivity contribution < 1.29 is 22.0 Å². The normalized spacial score (nSPS) is 11.5. The molecule has 0 saturated heterocycles. The van der Waals surface area contributed by atoms with Gasteiger partial charge in [-0.1, -0.05) is 0 Å². The Morgan fingerprint density at radius 3 is 2.24 bits per heavy atom. The van der Waals surface area contributed by atoms with Crippen molar-refractivity contribution in [1.29, 1.82) is 0 Å². The predicted molar refractivity (Wildman–Crippen MR) is 57.3 cm³/mol. The molecule has 0 atom stereocenters. The van der Waals surface area contributed by atoms with E-state index < -0.39 is 26.4 Å². The van der Waals surface area contributed by atoms with Crippen LogP contribution in [0, 0.1) is 0 Å². The van der Waals surface area contributed by atoms with Crippen molar-refractivity contribution >= 4 is 21.4 Å². The molecular formula is C9H10F2N2O3S. The van der Waals surface area contributed by atoms with E-state index in [0.717, 1.165) is 12.1 Å². The Morgan fingerprint density at radius 1 is 1.29 bits per heavy atom. The number of rotatable bonds is 5. The smallest absolute Gasteiger partial charge is 0.341 e. The van der Waals surface area contributed by atoms with Crippen molar-refractivity contribution in [1.82, 2.24) is 0 Å². The Labute approximate surface area is 96.5 Å². The average molecular weight is 264 g/mol. The monoisotopic (exact) mass is 264 g/mol. The van der Waals surface area contributed by atoms with Crippen LogP contribution in [0.1, 0.15) is 0 Å². The van der Waals surface area contributed by atoms with E-state index >= 15 is 0 Å². The van der Waals surface area contributed by atoms with Gasteiger partial charge in [0.15, 0.2) is 0 Å². The number of primary amides is 1. The van der Waals surface area contributed by atoms with E-state index in [9.17, 15) is 22.0 Å². The van der Waals surface area contributed by atoms with Gasteiger partial charge in [-0.05, 0) is 24.3 Å². The molecule has 1 aromatic rings. The van der Waals surface area contributed by atoms with Gasteiger partial charge in [0, 0.05) is 5.69 Å². The molecule has 0 saturated carbocycles. The Bertz CT molecular complexity index is 499. The van der Waals surface area contributed by atoms with Crippen LogP contribution in [0.15, 0.2) is 29.2 Å². The number of nitrogens with one attached hydrogen (secondary N) is 1. The number of nitrogens with two attached hydrogens (primary N) is 1. The molecule has 0 spiro atoms. The van der Waals surface area contributed by atoms with E-state index in [2.05, 4.69) is 5.32 Å². The highest BCUT2D eigenvalue weighted by molar-refractivity contribution is 7.91. The van der Waals surface area contributed by atoms with Crippen LogP contribution in [0.4, 0.5) is 14.5 Å². The second kappa shape index (κ2) is 5.09. The number of carbonyl (C=O) groups excluding carboxylic acids is 1. The number of halogens is 2. The van der Waals surface area contributed by atoms with E-state index in [1.165, 1.54) is 12.1 Å². The fourth-order valence-electron chi connectivity index (χ4n) is 1.05. The van der Waals surface area contributed by atoms with Gasteiger partial charge in [0.1, 0.15) is 0 Å². The lowest BCUT2D eigenvalue weighted by Gasteiger charge is -2.06. The molecule has 0 unspecified atom stereocenters. The zero-order valence-electron chi connectivity index (χ0n) is 8.56. The molecule has 0 heterocycles. The van der Waals surface area contributed by atoms with Crippen molar-refractivity contribution in [3.63, 3.8) is 0 Å². The van der Waals surface area contributed by atoms with E-state index in [4.69, 9.17) is 5.73 Å². The maximum atomic E-state index is 12.2. The molecule has 0 aliphatic carbocycles. The van der Waals surface area contributed by atoms with Crippen molar-refractivity contribution in [2.45, 2.75) is 10.7 Å². The molecule has 0 aliphatic rings. The van der Waals surface area contributed by atoms with Crippen LogP contribution < -0.4 is 11.1 Å². The second-order valence-corrected chi connectivity index (χ2v) is 5.07. The first-order valence-electron chi connectivity index (χ1n) is 4.48. The van der Waals surface area contributed by atoms with Gasteiger partial charge in [-0.3, -0.25) is 4.79 Å². The molecule has 94 valence electrons. The number of carbonyl (C=O) groups is 1. The third-order valence-electron chi connectivity index (χ3n) is 1.88. The summed E-state index contributed by atoms with van der Waals surface area (Å²) in [4.78, 5) is 9.98. The molecule has 0 fully saturated rings. The molecule has 1 amide bonds. The maximum Gasteiger partial charge on any atom is 0.341 e. The van der Waals surface area contributed by atoms with Gasteiger partial charge < -0.3 is 11.1 Å². The average Bonchev–Trinajstić information content (AvgIpc) is 2.26. The van der Waals surface area contributed by atoms with Crippen molar-refractivity contribution in [3.05, 3.63) is 24.3 Å². The van der Waals surface area contributed by atoms with Gasteiger partial charge in [-0.15, -0.1) is 0 Å². The minimum absolute atomic E-state index is 0.124. The van der Waals surface area contributed by atoms with Gasteiger partial charge in [0.2, 0.25) is 15.7 Å². The van der Waals surface area contributed by atoms with Crippen molar-refractivity contribution in [2.24, 2.45) is 5.73 Å². The summed E-state index contributed by atoms with van der Waals surface area (Å²) < 4.78 is 46.5. The van der Waals surface area contributed by atoms with Gasteiger partial charge >= 0.3 is 5.76 Å². The van der Waals surface area contributed by atoms with Crippen LogP contribution >= 0.6 is 0 Å². The molecule has 17 heavy (non-hydrogen) atoms. The number of benzene rings is 1. The number of anilines is 1. The number of hydrogen-bond acceptors (Lipinski definition) is 4. The summed E-state index contributed by atoms with van der Waals surface area (Å²) in [5.74, 6) is -4.04. The lowest BCUT2D eigenvalue weighted by Crippen LogP contribution is -2.21. The number of alkyl halides is 2. The van der Waals surface area contributed by atoms with E-state index in [1.807, 2.05) is 0 Å². The fraction of sp³-hybridized carbons (Fsp3) is 0.222. The Hall–Kier alpha value is -1.70. The molecule has 0 bridgehead atoms. The summed E-state index contributed by atoms with van der Waals surface area (Å²) in [6.45, 7) is -0.124. The SMILES string of the molecule is NC(=O)CNc1ccc(S(=O)(=O)C(F)F)cc1. The molecule has 1 rings (SSSR count). The molecule has 0 aliphatic heterocycles. The summed E-state index contributed by atoms with van der Waals surface area (Å²) in [6, 6.07) is 4.62. The molecule has 8 heteroatoms. The van der Waals surface area contributed by atoms with Crippen LogP contribution in [0.2, 0.25) is 0 Å². The first-order chi connectivity index (χ1) is 7.84. The topological polar surface area (TPSA) is 89.3 Å². The van der Waals surface area contributed by atoms with Crippen LogP contribution in [0.5, 0.6) is 0 Å². The molecule has 0 radical (unpaired) electrons. The largest absolute Gasteiger partial charge is 0.376 e. The summed E-state index contributed by atoms with van der Waals surface area (Å²) in [5.41, 5.74) is 5.30. The Morgan fingerprint density at radius 2 is 1.82 bits per heavy atom. The second-order valence-electron chi connectivity index (χ2n) is 3.15. The zero-order valence-corrected chi connectivity index (χ0v) is 9.38. The minimum atomic E-state index is -4.58. The number of sulfone groups is 1. The summed E-state index contributed by atoms with van der Waals surface area (Å²) >= 11 is 0. The van der Waals surface area contributed by atoms with Gasteiger partial charge in [-0.25, -0.2) is 8.42 Å². The van der Waals surface area contributed by atoms with Crippen molar-refractivity contribution in [3.8, 4) is 0 Å². The number of hydrogen-bond donors (Lipinski definition) is 2. The number of amides is 1. The van der Waals surface area contributed by atoms with E-state index in [0.29, 0.717) is 5.69 Å². The third-order valence-corrected chi connectivity index (χ3v) is 3.28. The van der Waals surface area contributed by atoms with Gasteiger partial charge in [0.25, 0.3) is 0 Å². The third kappa shape index (κ3) is 3.38. The Balaban J connectivity index is 2.85. The Kier molecular flexibility index (Phi) is 4.00. The first-order valence-corrected chi connectivity index (χ1v) is 6.03. The molecule has 5 nitrogen and oxygen atoms in total. The van der Waals surface area contributed by atoms with Crippen LogP contribution in [0.3, 0.4) is 0 Å². The predicted octanol–water partition coefficient (Wildman–Crippen LogP) is 0.580. The standard InChI is InChI=1S/C9H10F2N2O3S/c10-9(11)17(15,16)7-3-1-6(2-4-7)13-5-8(12)14/h1-4,9,13H,5H2,(H2,12,14). The van der Waals surface area contributed by atoms with Crippen molar-refractivity contribution in [2.75, 3.05) is 11.9 Å². The molecule has 0 aromatic heterocycles. The molecule has 1 aromatic carbocycles. The van der Waals surface area contributed by atoms with E-state index in [-0.39, 0.29) is 6.54 Å². The lowest BCUT2D eigenvalue weighted by atomic mass is 10.3. The van der Waals surface area contributed by atoms with E-state index in [1.54, 1.807) is 0 Å². The highest BCUT2D eigenvalue weighted by Crippen LogP contribution is 2.19. The first kappa shape index (κ1) is 13.4. The summed E-state index contributed by atoms with van der Waals surface area (Å²) in [6.07, 6.45) is 0. The molecular weight excluding hydrogens is 254 g/mol.